The number of benzene rings is 1. The minimum Gasteiger partial charge on any atom is -0.497 e. The highest BCUT2D eigenvalue weighted by atomic mass is 16.5. The predicted octanol–water partition coefficient (Wildman–Crippen LogP) is 1.55. The van der Waals surface area contributed by atoms with E-state index in [0.29, 0.717) is 12.5 Å². The summed E-state index contributed by atoms with van der Waals surface area (Å²) in [5.74, 6) is 1.51. The lowest BCUT2D eigenvalue weighted by atomic mass is 10.1. The van der Waals surface area contributed by atoms with E-state index in [4.69, 9.17) is 10.5 Å². The van der Waals surface area contributed by atoms with Crippen LogP contribution in [0, 0.1) is 0 Å². The van der Waals surface area contributed by atoms with Crippen molar-refractivity contribution in [3.05, 3.63) is 36.5 Å². The molecule has 1 heterocycles. The van der Waals surface area contributed by atoms with Gasteiger partial charge in [-0.2, -0.15) is 0 Å². The van der Waals surface area contributed by atoms with Crippen molar-refractivity contribution in [3.8, 4) is 17.0 Å². The highest BCUT2D eigenvalue weighted by Gasteiger charge is 2.06. The molecule has 0 bridgehead atoms. The first-order chi connectivity index (χ1) is 9.24. The molecule has 0 aliphatic carbocycles. The van der Waals surface area contributed by atoms with Crippen molar-refractivity contribution in [2.75, 3.05) is 32.1 Å². The van der Waals surface area contributed by atoms with Crippen molar-refractivity contribution in [1.82, 2.24) is 9.97 Å². The van der Waals surface area contributed by atoms with E-state index < -0.39 is 0 Å². The Bertz CT molecular complexity index is 527. The Labute approximate surface area is 113 Å². The molecule has 2 rings (SSSR count). The first kappa shape index (κ1) is 13.3. The van der Waals surface area contributed by atoms with E-state index in [1.807, 2.05) is 42.3 Å². The molecule has 0 unspecified atom stereocenters. The van der Waals surface area contributed by atoms with Gasteiger partial charge in [0.2, 0.25) is 5.95 Å². The molecule has 0 fully saturated rings. The van der Waals surface area contributed by atoms with E-state index in [-0.39, 0.29) is 0 Å². The maximum Gasteiger partial charge on any atom is 0.225 e. The van der Waals surface area contributed by atoms with Crippen LogP contribution in [0.3, 0.4) is 0 Å². The first-order valence-corrected chi connectivity index (χ1v) is 6.13. The van der Waals surface area contributed by atoms with Gasteiger partial charge >= 0.3 is 0 Å². The van der Waals surface area contributed by atoms with Crippen LogP contribution in [-0.2, 0) is 0 Å². The van der Waals surface area contributed by atoms with Crippen LogP contribution in [0.1, 0.15) is 0 Å². The third kappa shape index (κ3) is 3.20. The van der Waals surface area contributed by atoms with Crippen molar-refractivity contribution in [3.63, 3.8) is 0 Å². The fourth-order valence-electron chi connectivity index (χ4n) is 1.75. The lowest BCUT2D eigenvalue weighted by Gasteiger charge is -2.16. The number of nitrogens with two attached hydrogens (primary N) is 1. The van der Waals surface area contributed by atoms with Crippen molar-refractivity contribution < 1.29 is 4.74 Å². The van der Waals surface area contributed by atoms with Crippen LogP contribution in [0.2, 0.25) is 0 Å². The Morgan fingerprint density at radius 1 is 1.21 bits per heavy atom. The molecule has 0 saturated heterocycles. The second-order valence-electron chi connectivity index (χ2n) is 4.18. The topological polar surface area (TPSA) is 64.3 Å². The van der Waals surface area contributed by atoms with E-state index in [2.05, 4.69) is 9.97 Å². The Morgan fingerprint density at radius 3 is 2.58 bits per heavy atom. The smallest absolute Gasteiger partial charge is 0.225 e. The molecule has 19 heavy (non-hydrogen) atoms. The summed E-state index contributed by atoms with van der Waals surface area (Å²) in [6, 6.07) is 9.69. The number of hydrogen-bond donors (Lipinski definition) is 1. The molecule has 0 spiro atoms. The third-order valence-electron chi connectivity index (χ3n) is 2.83. The van der Waals surface area contributed by atoms with Gasteiger partial charge in [0.15, 0.2) is 0 Å². The molecule has 1 aromatic heterocycles. The van der Waals surface area contributed by atoms with Crippen LogP contribution in [0.4, 0.5) is 5.95 Å². The quantitative estimate of drug-likeness (QED) is 0.881. The average Bonchev–Trinajstić information content (AvgIpc) is 2.48. The highest BCUT2D eigenvalue weighted by molar-refractivity contribution is 5.61. The molecule has 0 saturated carbocycles. The molecule has 100 valence electrons. The average molecular weight is 258 g/mol. The van der Waals surface area contributed by atoms with Crippen molar-refractivity contribution in [2.24, 2.45) is 5.73 Å². The molecular weight excluding hydrogens is 240 g/mol. The van der Waals surface area contributed by atoms with Gasteiger partial charge in [0.1, 0.15) is 5.75 Å². The summed E-state index contributed by atoms with van der Waals surface area (Å²) in [6.45, 7) is 1.30. The molecule has 0 aliphatic rings. The van der Waals surface area contributed by atoms with Gasteiger partial charge in [-0.3, -0.25) is 0 Å². The van der Waals surface area contributed by atoms with Gasteiger partial charge in [-0.1, -0.05) is 0 Å². The SMILES string of the molecule is COc1ccc(-c2ccnc(N(C)CCN)n2)cc1. The Balaban J connectivity index is 2.26. The van der Waals surface area contributed by atoms with Crippen molar-refractivity contribution in [2.45, 2.75) is 0 Å². The van der Waals surface area contributed by atoms with Crippen molar-refractivity contribution in [1.29, 1.82) is 0 Å². The lowest BCUT2D eigenvalue weighted by Crippen LogP contribution is -2.26. The summed E-state index contributed by atoms with van der Waals surface area (Å²) in [5.41, 5.74) is 7.46. The summed E-state index contributed by atoms with van der Waals surface area (Å²) in [4.78, 5) is 10.7. The van der Waals surface area contributed by atoms with E-state index >= 15 is 0 Å². The van der Waals surface area contributed by atoms with Gasteiger partial charge in [-0.15, -0.1) is 0 Å². The van der Waals surface area contributed by atoms with E-state index in [9.17, 15) is 0 Å². The number of likely N-dealkylation sites (N-methyl/N-ethyl adjacent to an activating group) is 1. The molecule has 2 aromatic rings. The molecule has 2 N–H and O–H groups in total. The largest absolute Gasteiger partial charge is 0.497 e. The molecule has 0 atom stereocenters. The predicted molar refractivity (Wildman–Crippen MR) is 76.3 cm³/mol. The van der Waals surface area contributed by atoms with Crippen LogP contribution >= 0.6 is 0 Å². The monoisotopic (exact) mass is 258 g/mol. The zero-order valence-corrected chi connectivity index (χ0v) is 11.2. The number of methoxy groups -OCH3 is 1. The fraction of sp³-hybridized carbons (Fsp3) is 0.286. The Kier molecular flexibility index (Phi) is 4.30. The van der Waals surface area contributed by atoms with Gasteiger partial charge in [-0.25, -0.2) is 9.97 Å². The maximum absolute atomic E-state index is 5.54. The van der Waals surface area contributed by atoms with Crippen LogP contribution in [0.5, 0.6) is 5.75 Å². The van der Waals surface area contributed by atoms with E-state index in [1.54, 1.807) is 13.3 Å². The number of aromatic nitrogens is 2. The maximum atomic E-state index is 5.54. The summed E-state index contributed by atoms with van der Waals surface area (Å²) < 4.78 is 5.14. The lowest BCUT2D eigenvalue weighted by molar-refractivity contribution is 0.415. The van der Waals surface area contributed by atoms with Crippen LogP contribution in [0.25, 0.3) is 11.3 Å². The zero-order chi connectivity index (χ0) is 13.7. The van der Waals surface area contributed by atoms with Crippen LogP contribution in [0.15, 0.2) is 36.5 Å². The van der Waals surface area contributed by atoms with Gasteiger partial charge in [0, 0.05) is 31.9 Å². The van der Waals surface area contributed by atoms with Crippen LogP contribution < -0.4 is 15.4 Å². The second kappa shape index (κ2) is 6.15. The molecule has 1 aromatic carbocycles. The summed E-state index contributed by atoms with van der Waals surface area (Å²) in [5, 5.41) is 0. The van der Waals surface area contributed by atoms with Gasteiger partial charge < -0.3 is 15.4 Å². The Hall–Kier alpha value is -2.14. The molecule has 0 radical (unpaired) electrons. The van der Waals surface area contributed by atoms with E-state index in [0.717, 1.165) is 23.6 Å². The standard InChI is InChI=1S/C14H18N4O/c1-18(10-8-15)14-16-9-7-13(17-14)11-3-5-12(19-2)6-4-11/h3-7,9H,8,10,15H2,1-2H3. The molecule has 5 heteroatoms. The highest BCUT2D eigenvalue weighted by Crippen LogP contribution is 2.21. The third-order valence-corrected chi connectivity index (χ3v) is 2.83. The number of hydrogen-bond acceptors (Lipinski definition) is 5. The van der Waals surface area contributed by atoms with E-state index in [1.165, 1.54) is 0 Å². The minimum atomic E-state index is 0.576. The van der Waals surface area contributed by atoms with Gasteiger partial charge in [0.05, 0.1) is 12.8 Å². The first-order valence-electron chi connectivity index (χ1n) is 6.13. The molecule has 5 nitrogen and oxygen atoms in total. The summed E-state index contributed by atoms with van der Waals surface area (Å²) in [7, 11) is 3.58. The Morgan fingerprint density at radius 2 is 1.95 bits per heavy atom. The number of anilines is 1. The second-order valence-corrected chi connectivity index (χ2v) is 4.18. The van der Waals surface area contributed by atoms with Gasteiger partial charge in [0.25, 0.3) is 0 Å². The summed E-state index contributed by atoms with van der Waals surface area (Å²) >= 11 is 0. The number of rotatable bonds is 5. The van der Waals surface area contributed by atoms with Gasteiger partial charge in [-0.05, 0) is 30.3 Å². The van der Waals surface area contributed by atoms with Crippen molar-refractivity contribution >= 4 is 5.95 Å². The normalized spacial score (nSPS) is 10.3. The minimum absolute atomic E-state index is 0.576. The molecular formula is C14H18N4O. The fourth-order valence-corrected chi connectivity index (χ4v) is 1.75. The zero-order valence-electron chi connectivity index (χ0n) is 11.2. The summed E-state index contributed by atoms with van der Waals surface area (Å²) in [6.07, 6.45) is 1.76. The molecule has 0 aliphatic heterocycles. The number of ether oxygens (including phenoxy) is 1. The van der Waals surface area contributed by atoms with Crippen LogP contribution in [-0.4, -0.2) is 37.2 Å². The number of nitrogens with zero attached hydrogens (tertiary/aromatic N) is 3. The molecule has 0 amide bonds.